The van der Waals surface area contributed by atoms with Crippen LogP contribution in [0.4, 0.5) is 0 Å². The zero-order valence-corrected chi connectivity index (χ0v) is 8.18. The van der Waals surface area contributed by atoms with Crippen molar-refractivity contribution >= 4 is 0 Å². The van der Waals surface area contributed by atoms with E-state index >= 15 is 0 Å². The predicted octanol–water partition coefficient (Wildman–Crippen LogP) is 2.66. The number of rotatable bonds is 2. The van der Waals surface area contributed by atoms with Crippen LogP contribution < -0.4 is 5.32 Å². The molecule has 1 aliphatic heterocycles. The molecule has 0 saturated carbocycles. The molecule has 0 spiro atoms. The van der Waals surface area contributed by atoms with Crippen LogP contribution in [0.15, 0.2) is 16.7 Å². The fraction of sp³-hybridized carbons (Fsp3) is 0.636. The molecule has 0 amide bonds. The van der Waals surface area contributed by atoms with Gasteiger partial charge in [0.15, 0.2) is 0 Å². The Bertz CT molecular complexity index is 261. The lowest BCUT2D eigenvalue weighted by Crippen LogP contribution is -2.27. The molecule has 2 heteroatoms. The predicted molar refractivity (Wildman–Crippen MR) is 52.7 cm³/mol. The Balaban J connectivity index is 2.13. The summed E-state index contributed by atoms with van der Waals surface area (Å²) in [5.41, 5.74) is 1.38. The summed E-state index contributed by atoms with van der Waals surface area (Å²) in [6, 6.07) is 2.66. The summed E-state index contributed by atoms with van der Waals surface area (Å²) >= 11 is 0. The van der Waals surface area contributed by atoms with Gasteiger partial charge < -0.3 is 9.73 Å². The molecule has 1 aromatic rings. The maximum atomic E-state index is 5.43. The molecule has 1 atom stereocenters. The second kappa shape index (κ2) is 3.97. The molecule has 0 unspecified atom stereocenters. The van der Waals surface area contributed by atoms with E-state index in [-0.39, 0.29) is 0 Å². The first kappa shape index (κ1) is 8.82. The maximum absolute atomic E-state index is 5.43. The van der Waals surface area contributed by atoms with Crippen molar-refractivity contribution in [2.24, 2.45) is 0 Å². The third-order valence-electron chi connectivity index (χ3n) is 2.79. The Morgan fingerprint density at radius 3 is 3.15 bits per heavy atom. The summed E-state index contributed by atoms with van der Waals surface area (Å²) in [6.45, 7) is 3.30. The normalized spacial score (nSPS) is 23.3. The molecule has 1 fully saturated rings. The molecule has 1 N–H and O–H groups in total. The highest BCUT2D eigenvalue weighted by Gasteiger charge is 2.18. The molecule has 0 bridgehead atoms. The molecular formula is C11H17NO. The van der Waals surface area contributed by atoms with Crippen LogP contribution in [0, 0.1) is 0 Å². The molecule has 0 aliphatic carbocycles. The van der Waals surface area contributed by atoms with Crippen molar-refractivity contribution in [1.29, 1.82) is 0 Å². The van der Waals surface area contributed by atoms with Crippen LogP contribution in [-0.4, -0.2) is 6.54 Å². The van der Waals surface area contributed by atoms with Crippen molar-refractivity contribution in [3.05, 3.63) is 23.7 Å². The lowest BCUT2D eigenvalue weighted by molar-refractivity contribution is 0.402. The van der Waals surface area contributed by atoms with Gasteiger partial charge in [0.05, 0.1) is 6.26 Å². The van der Waals surface area contributed by atoms with Gasteiger partial charge in [-0.15, -0.1) is 0 Å². The van der Waals surface area contributed by atoms with Crippen LogP contribution in [0.3, 0.4) is 0 Å². The highest BCUT2D eigenvalue weighted by Crippen LogP contribution is 2.26. The number of aryl methyl sites for hydroxylation is 1. The van der Waals surface area contributed by atoms with Crippen molar-refractivity contribution < 1.29 is 4.42 Å². The minimum absolute atomic E-state index is 0.544. The Morgan fingerprint density at radius 2 is 2.46 bits per heavy atom. The highest BCUT2D eigenvalue weighted by molar-refractivity contribution is 5.21. The molecular weight excluding hydrogens is 162 g/mol. The van der Waals surface area contributed by atoms with Gasteiger partial charge in [0.25, 0.3) is 0 Å². The van der Waals surface area contributed by atoms with Gasteiger partial charge in [-0.1, -0.05) is 13.3 Å². The van der Waals surface area contributed by atoms with Crippen LogP contribution in [0.25, 0.3) is 0 Å². The molecule has 1 saturated heterocycles. The summed E-state index contributed by atoms with van der Waals surface area (Å²) in [4.78, 5) is 0. The quantitative estimate of drug-likeness (QED) is 0.755. The first-order valence-electron chi connectivity index (χ1n) is 5.21. The van der Waals surface area contributed by atoms with Crippen molar-refractivity contribution in [2.45, 2.75) is 38.6 Å². The smallest absolute Gasteiger partial charge is 0.108 e. The van der Waals surface area contributed by atoms with Gasteiger partial charge in [0, 0.05) is 18.0 Å². The fourth-order valence-corrected chi connectivity index (χ4v) is 2.07. The van der Waals surface area contributed by atoms with Crippen LogP contribution in [-0.2, 0) is 6.42 Å². The SMILES string of the molecule is CCc1occc1[C@H]1CCCCN1. The molecule has 2 heterocycles. The molecule has 72 valence electrons. The van der Waals surface area contributed by atoms with Gasteiger partial charge in [-0.25, -0.2) is 0 Å². The number of nitrogens with one attached hydrogen (secondary N) is 1. The van der Waals surface area contributed by atoms with Gasteiger partial charge in [-0.3, -0.25) is 0 Å². The van der Waals surface area contributed by atoms with E-state index in [2.05, 4.69) is 18.3 Å². The van der Waals surface area contributed by atoms with E-state index in [1.807, 2.05) is 6.26 Å². The highest BCUT2D eigenvalue weighted by atomic mass is 16.3. The summed E-state index contributed by atoms with van der Waals surface area (Å²) in [7, 11) is 0. The van der Waals surface area contributed by atoms with E-state index in [4.69, 9.17) is 4.42 Å². The van der Waals surface area contributed by atoms with E-state index in [9.17, 15) is 0 Å². The zero-order chi connectivity index (χ0) is 9.10. The van der Waals surface area contributed by atoms with Crippen LogP contribution >= 0.6 is 0 Å². The second-order valence-corrected chi connectivity index (χ2v) is 3.66. The monoisotopic (exact) mass is 179 g/mol. The molecule has 0 aromatic carbocycles. The van der Waals surface area contributed by atoms with E-state index in [0.717, 1.165) is 18.7 Å². The number of hydrogen-bond donors (Lipinski definition) is 1. The third-order valence-corrected chi connectivity index (χ3v) is 2.79. The van der Waals surface area contributed by atoms with Gasteiger partial charge >= 0.3 is 0 Å². The summed E-state index contributed by atoms with van der Waals surface area (Å²) in [6.07, 6.45) is 6.72. The number of furan rings is 1. The Hall–Kier alpha value is -0.760. The Kier molecular flexibility index (Phi) is 2.69. The maximum Gasteiger partial charge on any atom is 0.108 e. The van der Waals surface area contributed by atoms with E-state index in [0.29, 0.717) is 6.04 Å². The van der Waals surface area contributed by atoms with Gasteiger partial charge in [0.1, 0.15) is 5.76 Å². The number of hydrogen-bond acceptors (Lipinski definition) is 2. The summed E-state index contributed by atoms with van der Waals surface area (Å²) in [5, 5.41) is 3.54. The van der Waals surface area contributed by atoms with Gasteiger partial charge in [0.2, 0.25) is 0 Å². The Labute approximate surface area is 79.3 Å². The fourth-order valence-electron chi connectivity index (χ4n) is 2.07. The molecule has 13 heavy (non-hydrogen) atoms. The molecule has 2 nitrogen and oxygen atoms in total. The molecule has 2 rings (SSSR count). The molecule has 1 aromatic heterocycles. The van der Waals surface area contributed by atoms with Crippen molar-refractivity contribution in [1.82, 2.24) is 5.32 Å². The van der Waals surface area contributed by atoms with Crippen LogP contribution in [0.1, 0.15) is 43.6 Å². The molecule has 1 aliphatic rings. The van der Waals surface area contributed by atoms with E-state index in [1.165, 1.54) is 24.8 Å². The van der Waals surface area contributed by atoms with Crippen molar-refractivity contribution in [3.8, 4) is 0 Å². The first-order chi connectivity index (χ1) is 6.42. The Morgan fingerprint density at radius 1 is 1.54 bits per heavy atom. The largest absolute Gasteiger partial charge is 0.469 e. The van der Waals surface area contributed by atoms with Crippen molar-refractivity contribution in [2.75, 3.05) is 6.54 Å². The zero-order valence-electron chi connectivity index (χ0n) is 8.18. The van der Waals surface area contributed by atoms with Crippen LogP contribution in [0.5, 0.6) is 0 Å². The summed E-state index contributed by atoms with van der Waals surface area (Å²) in [5.74, 6) is 1.15. The number of piperidine rings is 1. The summed E-state index contributed by atoms with van der Waals surface area (Å²) < 4.78 is 5.43. The minimum Gasteiger partial charge on any atom is -0.469 e. The van der Waals surface area contributed by atoms with Crippen molar-refractivity contribution in [3.63, 3.8) is 0 Å². The first-order valence-corrected chi connectivity index (χ1v) is 5.21. The van der Waals surface area contributed by atoms with E-state index < -0.39 is 0 Å². The molecule has 0 radical (unpaired) electrons. The average molecular weight is 179 g/mol. The van der Waals surface area contributed by atoms with Gasteiger partial charge in [-0.2, -0.15) is 0 Å². The average Bonchev–Trinajstić information content (AvgIpc) is 2.67. The van der Waals surface area contributed by atoms with Crippen LogP contribution in [0.2, 0.25) is 0 Å². The lowest BCUT2D eigenvalue weighted by Gasteiger charge is -2.23. The lowest BCUT2D eigenvalue weighted by atomic mass is 9.97. The topological polar surface area (TPSA) is 25.2 Å². The van der Waals surface area contributed by atoms with Gasteiger partial charge in [-0.05, 0) is 25.5 Å². The third kappa shape index (κ3) is 1.78. The van der Waals surface area contributed by atoms with E-state index in [1.54, 1.807) is 0 Å². The minimum atomic E-state index is 0.544. The standard InChI is InChI=1S/C11H17NO/c1-2-11-9(6-8-13-11)10-5-3-4-7-12-10/h6,8,10,12H,2-5,7H2,1H3/t10-/m1/s1. The second-order valence-electron chi connectivity index (χ2n) is 3.66.